The van der Waals surface area contributed by atoms with Crippen LogP contribution >= 0.6 is 34.8 Å². The number of anilines is 1. The van der Waals surface area contributed by atoms with Gasteiger partial charge in [0.15, 0.2) is 0 Å². The van der Waals surface area contributed by atoms with Crippen LogP contribution in [0.3, 0.4) is 0 Å². The summed E-state index contributed by atoms with van der Waals surface area (Å²) in [5.41, 5.74) is 0.578. The maximum absolute atomic E-state index is 12.4. The number of hydrogen-bond donors (Lipinski definition) is 1. The molecular weight excluding hydrogens is 481 g/mol. The number of aliphatic imine (C=N–C) groups is 1. The van der Waals surface area contributed by atoms with E-state index in [1.807, 2.05) is 0 Å². The van der Waals surface area contributed by atoms with Gasteiger partial charge < -0.3 is 14.8 Å². The summed E-state index contributed by atoms with van der Waals surface area (Å²) < 4.78 is 10.8. The molecule has 0 aromatic heterocycles. The fourth-order valence-corrected chi connectivity index (χ4v) is 3.35. The van der Waals surface area contributed by atoms with Crippen molar-refractivity contribution in [3.8, 4) is 11.5 Å². The highest BCUT2D eigenvalue weighted by molar-refractivity contribution is 6.40. The summed E-state index contributed by atoms with van der Waals surface area (Å²) in [6.45, 7) is 0. The number of nitro groups is 1. The van der Waals surface area contributed by atoms with Crippen molar-refractivity contribution >= 4 is 58.1 Å². The second-order valence-corrected chi connectivity index (χ2v) is 7.37. The SMILES string of the molecule is COC(=NC(=O)Nc1ccc(Oc2ccc([N+](=O)[O-])cc2)c(Cl)c1)c1c(Cl)cccc1Cl. The Hall–Kier alpha value is -3.33. The number of benzene rings is 3. The highest BCUT2D eigenvalue weighted by Crippen LogP contribution is 2.32. The van der Waals surface area contributed by atoms with E-state index in [1.54, 1.807) is 24.3 Å². The first-order valence-electron chi connectivity index (χ1n) is 8.88. The summed E-state index contributed by atoms with van der Waals surface area (Å²) in [5, 5.41) is 14.0. The fourth-order valence-electron chi connectivity index (χ4n) is 2.57. The number of amides is 2. The average molecular weight is 495 g/mol. The Kier molecular flexibility index (Phi) is 7.53. The number of rotatable bonds is 5. The Morgan fingerprint density at radius 1 is 1.00 bits per heavy atom. The van der Waals surface area contributed by atoms with Crippen LogP contribution in [0.25, 0.3) is 0 Å². The number of non-ortho nitro benzene ring substituents is 1. The molecule has 3 aromatic carbocycles. The van der Waals surface area contributed by atoms with Gasteiger partial charge in [-0.3, -0.25) is 10.1 Å². The number of halogens is 3. The first-order chi connectivity index (χ1) is 15.3. The number of nitro benzene ring substituents is 1. The second kappa shape index (κ2) is 10.3. The van der Waals surface area contributed by atoms with E-state index >= 15 is 0 Å². The molecule has 2 amide bonds. The molecule has 0 saturated carbocycles. The van der Waals surface area contributed by atoms with E-state index in [-0.39, 0.29) is 26.7 Å². The van der Waals surface area contributed by atoms with Crippen LogP contribution in [0.5, 0.6) is 11.5 Å². The van der Waals surface area contributed by atoms with Gasteiger partial charge in [-0.2, -0.15) is 4.99 Å². The lowest BCUT2D eigenvalue weighted by molar-refractivity contribution is -0.384. The molecule has 0 aliphatic heterocycles. The average Bonchev–Trinajstić information content (AvgIpc) is 2.75. The minimum Gasteiger partial charge on any atom is -0.480 e. The molecule has 0 radical (unpaired) electrons. The molecule has 0 aliphatic rings. The molecule has 0 unspecified atom stereocenters. The number of urea groups is 1. The number of carbonyl (C=O) groups excluding carboxylic acids is 1. The van der Waals surface area contributed by atoms with Crippen LogP contribution in [0, 0.1) is 10.1 Å². The molecule has 0 aliphatic carbocycles. The number of methoxy groups -OCH3 is 1. The zero-order valence-electron chi connectivity index (χ0n) is 16.3. The molecule has 0 bridgehead atoms. The Morgan fingerprint density at radius 2 is 1.66 bits per heavy atom. The normalized spacial score (nSPS) is 11.1. The van der Waals surface area contributed by atoms with Gasteiger partial charge in [0.2, 0.25) is 5.90 Å². The first kappa shape index (κ1) is 23.3. The standard InChI is InChI=1S/C21H14Cl3N3O5/c1-31-20(19-15(22)3-2-4-16(19)23)26-21(28)25-12-5-10-18(17(24)11-12)32-14-8-6-13(7-9-14)27(29)30/h2-11H,1H3,(H,25,28). The van der Waals surface area contributed by atoms with Crippen LogP contribution in [0.4, 0.5) is 16.2 Å². The van der Waals surface area contributed by atoms with E-state index in [0.29, 0.717) is 22.7 Å². The Balaban J connectivity index is 1.74. The van der Waals surface area contributed by atoms with Crippen LogP contribution in [0.2, 0.25) is 15.1 Å². The molecule has 0 fully saturated rings. The molecule has 0 spiro atoms. The second-order valence-electron chi connectivity index (χ2n) is 6.15. The van der Waals surface area contributed by atoms with E-state index in [1.165, 1.54) is 43.5 Å². The van der Waals surface area contributed by atoms with Gasteiger partial charge in [-0.25, -0.2) is 4.79 Å². The Bertz CT molecular complexity index is 1180. The topological polar surface area (TPSA) is 103 Å². The van der Waals surface area contributed by atoms with E-state index in [2.05, 4.69) is 10.3 Å². The molecule has 164 valence electrons. The van der Waals surface area contributed by atoms with E-state index < -0.39 is 11.0 Å². The van der Waals surface area contributed by atoms with Crippen LogP contribution in [0.1, 0.15) is 5.56 Å². The van der Waals surface area contributed by atoms with Gasteiger partial charge in [0.25, 0.3) is 5.69 Å². The van der Waals surface area contributed by atoms with Crippen molar-refractivity contribution in [2.75, 3.05) is 12.4 Å². The van der Waals surface area contributed by atoms with Crippen molar-refractivity contribution in [3.05, 3.63) is 91.4 Å². The molecule has 32 heavy (non-hydrogen) atoms. The number of ether oxygens (including phenoxy) is 2. The summed E-state index contributed by atoms with van der Waals surface area (Å²) >= 11 is 18.5. The van der Waals surface area contributed by atoms with Gasteiger partial charge in [-0.15, -0.1) is 0 Å². The number of nitrogens with zero attached hydrogens (tertiary/aromatic N) is 2. The summed E-state index contributed by atoms with van der Waals surface area (Å²) in [4.78, 5) is 26.4. The van der Waals surface area contributed by atoms with Crippen LogP contribution in [-0.4, -0.2) is 24.0 Å². The number of hydrogen-bond acceptors (Lipinski definition) is 5. The van der Waals surface area contributed by atoms with Crippen LogP contribution in [-0.2, 0) is 4.74 Å². The van der Waals surface area contributed by atoms with E-state index in [0.717, 1.165) is 0 Å². The Morgan fingerprint density at radius 3 is 2.22 bits per heavy atom. The molecule has 0 atom stereocenters. The van der Waals surface area contributed by atoms with Gasteiger partial charge in [-0.1, -0.05) is 40.9 Å². The van der Waals surface area contributed by atoms with Crippen molar-refractivity contribution in [2.24, 2.45) is 4.99 Å². The lowest BCUT2D eigenvalue weighted by atomic mass is 10.2. The lowest BCUT2D eigenvalue weighted by Crippen LogP contribution is -2.13. The molecule has 3 rings (SSSR count). The highest BCUT2D eigenvalue weighted by atomic mass is 35.5. The van der Waals surface area contributed by atoms with Gasteiger partial charge in [0.1, 0.15) is 11.5 Å². The van der Waals surface area contributed by atoms with Crippen molar-refractivity contribution in [3.63, 3.8) is 0 Å². The molecule has 0 saturated heterocycles. The largest absolute Gasteiger partial charge is 0.480 e. The first-order valence-corrected chi connectivity index (χ1v) is 10.0. The minimum atomic E-state index is -0.738. The van der Waals surface area contributed by atoms with Crippen LogP contribution in [0.15, 0.2) is 65.7 Å². The zero-order chi connectivity index (χ0) is 23.3. The third kappa shape index (κ3) is 5.67. The van der Waals surface area contributed by atoms with Gasteiger partial charge in [-0.05, 0) is 42.5 Å². The van der Waals surface area contributed by atoms with Gasteiger partial charge in [0.05, 0.1) is 32.7 Å². The molecule has 11 heteroatoms. The van der Waals surface area contributed by atoms with Crippen molar-refractivity contribution < 1.29 is 19.2 Å². The third-order valence-electron chi connectivity index (χ3n) is 4.03. The number of nitrogens with one attached hydrogen (secondary N) is 1. The quantitative estimate of drug-likeness (QED) is 0.178. The maximum atomic E-state index is 12.4. The predicted octanol–water partition coefficient (Wildman–Crippen LogP) is 6.97. The zero-order valence-corrected chi connectivity index (χ0v) is 18.6. The third-order valence-corrected chi connectivity index (χ3v) is 4.96. The highest BCUT2D eigenvalue weighted by Gasteiger charge is 2.16. The van der Waals surface area contributed by atoms with Crippen molar-refractivity contribution in [1.29, 1.82) is 0 Å². The lowest BCUT2D eigenvalue weighted by Gasteiger charge is -2.11. The predicted molar refractivity (Wildman–Crippen MR) is 124 cm³/mol. The maximum Gasteiger partial charge on any atom is 0.348 e. The van der Waals surface area contributed by atoms with Crippen molar-refractivity contribution in [2.45, 2.75) is 0 Å². The summed E-state index contributed by atoms with van der Waals surface area (Å²) in [5.74, 6) is 0.602. The van der Waals surface area contributed by atoms with Gasteiger partial charge in [0, 0.05) is 17.8 Å². The summed E-state index contributed by atoms with van der Waals surface area (Å²) in [7, 11) is 1.34. The van der Waals surface area contributed by atoms with Gasteiger partial charge >= 0.3 is 6.03 Å². The summed E-state index contributed by atoms with van der Waals surface area (Å²) in [6.07, 6.45) is 0. The van der Waals surface area contributed by atoms with Crippen molar-refractivity contribution in [1.82, 2.24) is 0 Å². The fraction of sp³-hybridized carbons (Fsp3) is 0.0476. The molecular formula is C21H14Cl3N3O5. The van der Waals surface area contributed by atoms with E-state index in [9.17, 15) is 14.9 Å². The van der Waals surface area contributed by atoms with Crippen LogP contribution < -0.4 is 10.1 Å². The monoisotopic (exact) mass is 493 g/mol. The Labute approximate surface area is 197 Å². The molecule has 0 heterocycles. The number of carbonyl (C=O) groups is 1. The summed E-state index contributed by atoms with van der Waals surface area (Å²) in [6, 6.07) is 14.2. The molecule has 8 nitrogen and oxygen atoms in total. The molecule has 1 N–H and O–H groups in total. The minimum absolute atomic E-state index is 0.0534. The smallest absolute Gasteiger partial charge is 0.348 e. The molecule has 3 aromatic rings. The van der Waals surface area contributed by atoms with E-state index in [4.69, 9.17) is 44.3 Å².